The summed E-state index contributed by atoms with van der Waals surface area (Å²) >= 11 is -7.18. The number of hydrogen-bond acceptors (Lipinski definition) is 0. The summed E-state index contributed by atoms with van der Waals surface area (Å²) in [6.45, 7) is 0. The van der Waals surface area contributed by atoms with Gasteiger partial charge in [0.05, 0.1) is 0 Å². The van der Waals surface area contributed by atoms with E-state index in [1.807, 2.05) is 0 Å². The second-order valence-electron chi connectivity index (χ2n) is 0.429. The first-order valence-corrected chi connectivity index (χ1v) is 4.47. The van der Waals surface area contributed by atoms with Crippen molar-refractivity contribution < 1.29 is 67.0 Å². The summed E-state index contributed by atoms with van der Waals surface area (Å²) in [5.41, 5.74) is 0. The number of rotatable bonds is 0. The van der Waals surface area contributed by atoms with Crippen molar-refractivity contribution in [3.8, 4) is 0 Å². The average Bonchev–Trinajstić information content (AvgIpc) is 0.722. The van der Waals surface area contributed by atoms with Crippen LogP contribution in [-0.4, -0.2) is 48.9 Å². The van der Waals surface area contributed by atoms with Gasteiger partial charge >= 0.3 is 112 Å². The summed E-state index contributed by atoms with van der Waals surface area (Å²) in [5.74, 6) is 0. The first kappa shape index (κ1) is 16.6. The third-order valence-corrected chi connectivity index (χ3v) is 0. The molecule has 0 aromatic rings. The molecule has 0 amide bonds. The average molecular weight is 331 g/mol. The van der Waals surface area contributed by atoms with Gasteiger partial charge in [-0.05, 0) is 0 Å². The van der Waals surface area contributed by atoms with E-state index in [9.17, 15) is 10.5 Å². The Hall–Kier alpha value is 3.17. The summed E-state index contributed by atoms with van der Waals surface area (Å²) in [6, 6.07) is 0. The Morgan fingerprint density at radius 3 is 1.00 bits per heavy atom. The van der Waals surface area contributed by atoms with Gasteiger partial charge in [-0.2, -0.15) is 0 Å². The molecule has 0 bridgehead atoms. The molecule has 7 heteroatoms. The van der Waals surface area contributed by atoms with E-state index >= 15 is 0 Å². The van der Waals surface area contributed by atoms with E-state index in [4.69, 9.17) is 0 Å². The molecule has 0 N–H and O–H groups in total. The summed E-state index contributed by atoms with van der Waals surface area (Å²) in [4.78, 5) is 0. The summed E-state index contributed by atoms with van der Waals surface area (Å²) < 4.78 is 39.6. The van der Waals surface area contributed by atoms with Gasteiger partial charge in [-0.1, -0.05) is 0 Å². The van der Waals surface area contributed by atoms with Gasteiger partial charge < -0.3 is 4.28 Å². The fraction of sp³-hybridized carbons (Fsp3) is 0. The van der Waals surface area contributed by atoms with Gasteiger partial charge in [0.2, 0.25) is 0 Å². The predicted molar refractivity (Wildman–Crippen MR) is 13.5 cm³/mol. The monoisotopic (exact) mass is 330 g/mol. The van der Waals surface area contributed by atoms with Crippen LogP contribution in [-0.2, 0) is 22.7 Å². The molecule has 0 aromatic heterocycles. The minimum Gasteiger partial charge on any atom is -1.00 e. The summed E-state index contributed by atoms with van der Waals surface area (Å²) in [7, 11) is 0. The molecule has 0 saturated heterocycles. The van der Waals surface area contributed by atoms with Crippen LogP contribution in [0.15, 0.2) is 0 Å². The quantitative estimate of drug-likeness (QED) is 0.380. The zero-order valence-electron chi connectivity index (χ0n) is 6.72. The fourth-order valence-electron chi connectivity index (χ4n) is 0. The van der Waals surface area contributed by atoms with Crippen LogP contribution in [0, 0.1) is 0 Å². The van der Waals surface area contributed by atoms with Gasteiger partial charge in [-0.3, -0.25) is 0 Å². The molecule has 0 heterocycles. The fourth-order valence-corrected chi connectivity index (χ4v) is 0. The second-order valence-corrected chi connectivity index (χ2v) is 2.54. The van der Waals surface area contributed by atoms with Crippen LogP contribution in [0.1, 0.15) is 4.28 Å². The van der Waals surface area contributed by atoms with Crippen LogP contribution in [0.4, 0.5) is 10.5 Å². The smallest absolute Gasteiger partial charge is 1.00 e. The molecule has 0 aliphatic heterocycles. The molecule has 0 radical (unpaired) electrons. The molecule has 0 aliphatic carbocycles. The summed E-state index contributed by atoms with van der Waals surface area (Å²) in [6.07, 6.45) is 0. The van der Waals surface area contributed by atoms with Crippen molar-refractivity contribution in [2.75, 3.05) is 0 Å². The standard InChI is InChI=1S/Ba.4FH.Na.Zr.3H/h;4*1H;;;;;/q+2;;;;;+1;+4;3*-1/p-4. The van der Waals surface area contributed by atoms with E-state index in [-0.39, 0.29) is 82.7 Å². The molecule has 7 heavy (non-hydrogen) atoms. The Morgan fingerprint density at radius 2 is 1.00 bits per heavy atom. The Labute approximate surface area is 113 Å². The molecule has 0 saturated carbocycles. The molecule has 0 aromatic carbocycles. The Kier molecular flexibility index (Phi) is 17.3. The van der Waals surface area contributed by atoms with Crippen LogP contribution in [0.5, 0.6) is 0 Å². The van der Waals surface area contributed by atoms with Crippen LogP contribution < -0.4 is 29.6 Å². The van der Waals surface area contributed by atoms with Crippen LogP contribution in [0.2, 0.25) is 0 Å². The molecule has 0 fully saturated rings. The Morgan fingerprint density at radius 1 is 1.00 bits per heavy atom. The normalized spacial score (nSPS) is 8.57. The molecule has 0 spiro atoms. The third-order valence-electron chi connectivity index (χ3n) is 0. The summed E-state index contributed by atoms with van der Waals surface area (Å²) in [5, 5.41) is 0. The number of halogens is 4. The second kappa shape index (κ2) is 7.28. The van der Waals surface area contributed by atoms with Crippen molar-refractivity contribution >= 4 is 48.9 Å². The molecule has 38 valence electrons. The van der Waals surface area contributed by atoms with Gasteiger partial charge in [0.1, 0.15) is 0 Å². The van der Waals surface area contributed by atoms with Gasteiger partial charge in [-0.15, -0.1) is 0 Å². The molecule has 0 unspecified atom stereocenters. The van der Waals surface area contributed by atoms with E-state index < -0.39 is 22.7 Å². The molecule has 0 aliphatic rings. The largest absolute Gasteiger partial charge is 1.00 e. The SMILES string of the molecule is [Ba+2].[F][Zr]([F])([F])[F].[H-].[H-].[H-].[Na+]. The van der Waals surface area contributed by atoms with Crippen molar-refractivity contribution in [1.82, 2.24) is 0 Å². The van der Waals surface area contributed by atoms with Gasteiger partial charge in [0.25, 0.3) is 0 Å². The van der Waals surface area contributed by atoms with Crippen LogP contribution >= 0.6 is 0 Å². The van der Waals surface area contributed by atoms with E-state index in [0.717, 1.165) is 0 Å². The first-order valence-electron chi connectivity index (χ1n) is 0.756. The van der Waals surface area contributed by atoms with E-state index in [2.05, 4.69) is 0 Å². The molecular formula is H3BaF4NaZr. The minimum atomic E-state index is -7.18. The van der Waals surface area contributed by atoms with Crippen molar-refractivity contribution in [1.29, 1.82) is 0 Å². The number of hydrogen-bond donors (Lipinski definition) is 0. The van der Waals surface area contributed by atoms with Crippen LogP contribution in [0.3, 0.4) is 0 Å². The van der Waals surface area contributed by atoms with Crippen molar-refractivity contribution in [2.45, 2.75) is 0 Å². The minimum absolute atomic E-state index is 0. The molecule has 0 rings (SSSR count). The maximum absolute atomic E-state index is 9.90. The third kappa shape index (κ3) is 46.9. The van der Waals surface area contributed by atoms with E-state index in [1.165, 1.54) is 0 Å². The first-order chi connectivity index (χ1) is 2.00. The van der Waals surface area contributed by atoms with Crippen molar-refractivity contribution in [3.05, 3.63) is 0 Å². The predicted octanol–water partition coefficient (Wildman–Crippen LogP) is -1.36. The zero-order chi connectivity index (χ0) is 4.50. The molecular weight excluding hydrogens is 328 g/mol. The van der Waals surface area contributed by atoms with Crippen molar-refractivity contribution in [2.24, 2.45) is 0 Å². The van der Waals surface area contributed by atoms with Crippen LogP contribution in [0.25, 0.3) is 0 Å². The Bertz CT molecular complexity index is 36.0. The van der Waals surface area contributed by atoms with Gasteiger partial charge in [-0.25, -0.2) is 0 Å². The maximum atomic E-state index is 9.90. The topological polar surface area (TPSA) is 0 Å². The molecule has 0 atom stereocenters. The Balaban J connectivity index is -0.00000000800. The maximum Gasteiger partial charge on any atom is 1.00 e. The van der Waals surface area contributed by atoms with E-state index in [0.29, 0.717) is 0 Å². The molecule has 0 nitrogen and oxygen atoms in total. The van der Waals surface area contributed by atoms with Crippen molar-refractivity contribution in [3.63, 3.8) is 0 Å². The van der Waals surface area contributed by atoms with Gasteiger partial charge in [0, 0.05) is 0 Å². The van der Waals surface area contributed by atoms with Gasteiger partial charge in [0.15, 0.2) is 0 Å². The van der Waals surface area contributed by atoms with E-state index in [1.54, 1.807) is 0 Å². The zero-order valence-corrected chi connectivity index (χ0v) is 12.6.